The zero-order chi connectivity index (χ0) is 13.8. The molecule has 0 radical (unpaired) electrons. The number of methoxy groups -OCH3 is 1. The lowest BCUT2D eigenvalue weighted by molar-refractivity contribution is 0.0193. The number of ether oxygens (including phenoxy) is 2. The number of rotatable bonds is 4. The minimum Gasteiger partial charge on any atom is -0.487 e. The second kappa shape index (κ2) is 6.35. The molecule has 1 aliphatic rings. The first-order chi connectivity index (χ1) is 9.11. The zero-order valence-corrected chi connectivity index (χ0v) is 11.6. The Balaban J connectivity index is 2.14. The van der Waals surface area contributed by atoms with Gasteiger partial charge in [-0.2, -0.15) is 0 Å². The van der Waals surface area contributed by atoms with Gasteiger partial charge in [-0.15, -0.1) is 0 Å². The van der Waals surface area contributed by atoms with E-state index in [4.69, 9.17) is 15.2 Å². The first-order valence-corrected chi connectivity index (χ1v) is 6.85. The van der Waals surface area contributed by atoms with Crippen molar-refractivity contribution in [3.05, 3.63) is 29.6 Å². The van der Waals surface area contributed by atoms with Gasteiger partial charge in [0.15, 0.2) is 11.6 Å². The van der Waals surface area contributed by atoms with E-state index in [0.29, 0.717) is 5.75 Å². The number of benzene rings is 1. The van der Waals surface area contributed by atoms with E-state index >= 15 is 0 Å². The minimum absolute atomic E-state index is 0.00750. The second-order valence-corrected chi connectivity index (χ2v) is 5.21. The molecule has 1 aromatic rings. The van der Waals surface area contributed by atoms with E-state index in [1.807, 2.05) is 13.0 Å². The molecule has 3 nitrogen and oxygen atoms in total. The molecule has 1 aliphatic carbocycles. The van der Waals surface area contributed by atoms with Crippen LogP contribution in [0.25, 0.3) is 0 Å². The van der Waals surface area contributed by atoms with Gasteiger partial charge in [0.1, 0.15) is 6.10 Å². The van der Waals surface area contributed by atoms with Crippen molar-refractivity contribution in [2.45, 2.75) is 50.9 Å². The van der Waals surface area contributed by atoms with Crippen LogP contribution in [0, 0.1) is 5.82 Å². The summed E-state index contributed by atoms with van der Waals surface area (Å²) in [6, 6.07) is 4.66. The molecule has 1 fully saturated rings. The van der Waals surface area contributed by atoms with E-state index in [0.717, 1.165) is 31.2 Å². The van der Waals surface area contributed by atoms with E-state index in [1.165, 1.54) is 6.07 Å². The van der Waals surface area contributed by atoms with Gasteiger partial charge in [-0.25, -0.2) is 4.39 Å². The Bertz CT molecular complexity index is 423. The normalized spacial score (nSPS) is 25.1. The molecule has 0 aromatic heterocycles. The van der Waals surface area contributed by atoms with Gasteiger partial charge in [0.25, 0.3) is 0 Å². The maximum absolute atomic E-state index is 13.9. The molecule has 3 atom stereocenters. The van der Waals surface area contributed by atoms with E-state index in [2.05, 4.69) is 0 Å². The summed E-state index contributed by atoms with van der Waals surface area (Å²) in [5.74, 6) is -0.0337. The maximum atomic E-state index is 13.9. The Kier molecular flexibility index (Phi) is 4.77. The molecule has 1 saturated carbocycles. The standard InChI is InChI=1S/C15H22FNO2/c1-10(17)13-7-4-8-14(16)15(13)19-12-6-3-5-11(9-12)18-2/h4,7-8,10-12H,3,5-6,9,17H2,1-2H3/t10-,11?,12?/m0/s1. The van der Waals surface area contributed by atoms with Gasteiger partial charge < -0.3 is 15.2 Å². The van der Waals surface area contributed by atoms with Gasteiger partial charge in [0.05, 0.1) is 6.10 Å². The molecule has 1 aromatic carbocycles. The lowest BCUT2D eigenvalue weighted by atomic mass is 9.94. The van der Waals surface area contributed by atoms with Gasteiger partial charge >= 0.3 is 0 Å². The third-order valence-corrected chi connectivity index (χ3v) is 3.68. The highest BCUT2D eigenvalue weighted by Crippen LogP contribution is 2.31. The number of hydrogen-bond acceptors (Lipinski definition) is 3. The predicted octanol–water partition coefficient (Wildman–Crippen LogP) is 3.18. The minimum atomic E-state index is -0.339. The molecule has 106 valence electrons. The van der Waals surface area contributed by atoms with Crippen molar-refractivity contribution in [1.29, 1.82) is 0 Å². The van der Waals surface area contributed by atoms with Crippen LogP contribution in [0.1, 0.15) is 44.2 Å². The molecule has 0 amide bonds. The number of halogens is 1. The molecule has 0 bridgehead atoms. The number of hydrogen-bond donors (Lipinski definition) is 1. The van der Waals surface area contributed by atoms with Crippen molar-refractivity contribution in [2.75, 3.05) is 7.11 Å². The van der Waals surface area contributed by atoms with E-state index in [-0.39, 0.29) is 24.1 Å². The first-order valence-electron chi connectivity index (χ1n) is 6.85. The third kappa shape index (κ3) is 3.45. The monoisotopic (exact) mass is 267 g/mol. The first kappa shape index (κ1) is 14.3. The van der Waals surface area contributed by atoms with Gasteiger partial charge in [-0.3, -0.25) is 0 Å². The molecular formula is C15H22FNO2. The topological polar surface area (TPSA) is 44.5 Å². The largest absolute Gasteiger partial charge is 0.487 e. The number of para-hydroxylation sites is 1. The van der Waals surface area contributed by atoms with Crippen molar-refractivity contribution in [3.8, 4) is 5.75 Å². The Labute approximate surface area is 113 Å². The van der Waals surface area contributed by atoms with Crippen LogP contribution >= 0.6 is 0 Å². The summed E-state index contributed by atoms with van der Waals surface area (Å²) in [4.78, 5) is 0. The Morgan fingerprint density at radius 1 is 1.32 bits per heavy atom. The van der Waals surface area contributed by atoms with Gasteiger partial charge in [0, 0.05) is 25.1 Å². The fourth-order valence-corrected chi connectivity index (χ4v) is 2.60. The molecule has 0 aliphatic heterocycles. The van der Waals surface area contributed by atoms with Crippen LogP contribution in [-0.2, 0) is 4.74 Å². The van der Waals surface area contributed by atoms with Gasteiger partial charge in [-0.1, -0.05) is 12.1 Å². The second-order valence-electron chi connectivity index (χ2n) is 5.21. The van der Waals surface area contributed by atoms with E-state index in [1.54, 1.807) is 13.2 Å². The summed E-state index contributed by atoms with van der Waals surface area (Å²) < 4.78 is 25.2. The average molecular weight is 267 g/mol. The molecule has 2 rings (SSSR count). The smallest absolute Gasteiger partial charge is 0.165 e. The number of nitrogens with two attached hydrogens (primary N) is 1. The van der Waals surface area contributed by atoms with Gasteiger partial charge in [0.2, 0.25) is 0 Å². The molecule has 19 heavy (non-hydrogen) atoms. The Hall–Kier alpha value is -1.13. The van der Waals surface area contributed by atoms with Crippen LogP contribution in [0.5, 0.6) is 5.75 Å². The molecule has 0 heterocycles. The fourth-order valence-electron chi connectivity index (χ4n) is 2.60. The summed E-state index contributed by atoms with van der Waals surface area (Å²) in [5, 5.41) is 0. The highest BCUT2D eigenvalue weighted by molar-refractivity contribution is 5.37. The quantitative estimate of drug-likeness (QED) is 0.911. The summed E-state index contributed by atoms with van der Waals surface area (Å²) in [7, 11) is 1.71. The van der Waals surface area contributed by atoms with Crippen LogP contribution in [0.4, 0.5) is 4.39 Å². The van der Waals surface area contributed by atoms with E-state index in [9.17, 15) is 4.39 Å². The molecule has 0 spiro atoms. The van der Waals surface area contributed by atoms with Crippen LogP contribution in [0.15, 0.2) is 18.2 Å². The fraction of sp³-hybridized carbons (Fsp3) is 0.600. The zero-order valence-electron chi connectivity index (χ0n) is 11.6. The lowest BCUT2D eigenvalue weighted by Crippen LogP contribution is -2.30. The van der Waals surface area contributed by atoms with Crippen LogP contribution < -0.4 is 10.5 Å². The lowest BCUT2D eigenvalue weighted by Gasteiger charge is -2.29. The molecular weight excluding hydrogens is 245 g/mol. The Morgan fingerprint density at radius 2 is 2.05 bits per heavy atom. The molecule has 2 N–H and O–H groups in total. The third-order valence-electron chi connectivity index (χ3n) is 3.68. The van der Waals surface area contributed by atoms with Crippen LogP contribution in [0.3, 0.4) is 0 Å². The molecule has 0 saturated heterocycles. The summed E-state index contributed by atoms with van der Waals surface area (Å²) >= 11 is 0. The predicted molar refractivity (Wildman–Crippen MR) is 72.7 cm³/mol. The van der Waals surface area contributed by atoms with Crippen molar-refractivity contribution >= 4 is 0 Å². The molecule has 2 unspecified atom stereocenters. The maximum Gasteiger partial charge on any atom is 0.165 e. The average Bonchev–Trinajstić information content (AvgIpc) is 2.41. The van der Waals surface area contributed by atoms with Crippen molar-refractivity contribution in [1.82, 2.24) is 0 Å². The van der Waals surface area contributed by atoms with Crippen molar-refractivity contribution in [2.24, 2.45) is 5.73 Å². The SMILES string of the molecule is COC1CCCC(Oc2c(F)cccc2[C@H](C)N)C1. The van der Waals surface area contributed by atoms with Crippen LogP contribution in [-0.4, -0.2) is 19.3 Å². The summed E-state index contributed by atoms with van der Waals surface area (Å²) in [5.41, 5.74) is 6.59. The highest BCUT2D eigenvalue weighted by Gasteiger charge is 2.25. The van der Waals surface area contributed by atoms with E-state index < -0.39 is 0 Å². The van der Waals surface area contributed by atoms with Crippen LogP contribution in [0.2, 0.25) is 0 Å². The summed E-state index contributed by atoms with van der Waals surface area (Å²) in [6.07, 6.45) is 4.06. The highest BCUT2D eigenvalue weighted by atomic mass is 19.1. The van der Waals surface area contributed by atoms with Crippen molar-refractivity contribution < 1.29 is 13.9 Å². The summed E-state index contributed by atoms with van der Waals surface area (Å²) in [6.45, 7) is 1.83. The molecule has 4 heteroatoms. The Morgan fingerprint density at radius 3 is 2.74 bits per heavy atom. The van der Waals surface area contributed by atoms with Crippen molar-refractivity contribution in [3.63, 3.8) is 0 Å². The van der Waals surface area contributed by atoms with Gasteiger partial charge in [-0.05, 0) is 32.3 Å².